The summed E-state index contributed by atoms with van der Waals surface area (Å²) in [5, 5.41) is 3.16. The minimum Gasteiger partial charge on any atom is -0.497 e. The van der Waals surface area contributed by atoms with Crippen LogP contribution in [0, 0.1) is 0 Å². The molecule has 2 aliphatic rings. The summed E-state index contributed by atoms with van der Waals surface area (Å²) in [7, 11) is -1.77. The Morgan fingerprint density at radius 3 is 2.41 bits per heavy atom. The summed E-state index contributed by atoms with van der Waals surface area (Å²) < 4.78 is 32.1. The van der Waals surface area contributed by atoms with Crippen LogP contribution in [0.4, 0.5) is 0 Å². The highest BCUT2D eigenvalue weighted by atomic mass is 32.2. The summed E-state index contributed by atoms with van der Waals surface area (Å²) in [5.41, 5.74) is 0.572. The Morgan fingerprint density at radius 2 is 1.81 bits per heavy atom. The van der Waals surface area contributed by atoms with Crippen molar-refractivity contribution < 1.29 is 17.9 Å². The van der Waals surface area contributed by atoms with Crippen LogP contribution in [0.25, 0.3) is 0 Å². The second-order valence-electron chi connectivity index (χ2n) is 7.13. The molecule has 1 saturated heterocycles. The fourth-order valence-electron chi connectivity index (χ4n) is 3.83. The van der Waals surface area contributed by atoms with Crippen molar-refractivity contribution in [3.63, 3.8) is 0 Å². The van der Waals surface area contributed by atoms with Gasteiger partial charge in [-0.1, -0.05) is 12.8 Å². The average Bonchev–Trinajstić information content (AvgIpc) is 3.23. The fourth-order valence-corrected chi connectivity index (χ4v) is 5.26. The highest BCUT2D eigenvalue weighted by molar-refractivity contribution is 7.89. The zero-order chi connectivity index (χ0) is 19.3. The smallest absolute Gasteiger partial charge is 0.254 e. The summed E-state index contributed by atoms with van der Waals surface area (Å²) in [5.74, 6) is 0.575. The van der Waals surface area contributed by atoms with Crippen molar-refractivity contribution in [1.82, 2.24) is 14.5 Å². The number of hydrogen-bond acceptors (Lipinski definition) is 5. The highest BCUT2D eigenvalue weighted by Crippen LogP contribution is 2.25. The van der Waals surface area contributed by atoms with Crippen molar-refractivity contribution in [2.75, 3.05) is 45.6 Å². The molecule has 0 atom stereocenters. The Kier molecular flexibility index (Phi) is 6.73. The maximum Gasteiger partial charge on any atom is 0.254 e. The molecule has 8 heteroatoms. The zero-order valence-corrected chi connectivity index (χ0v) is 16.7. The van der Waals surface area contributed by atoms with Crippen LogP contribution in [0.3, 0.4) is 0 Å². The molecule has 0 bridgehead atoms. The summed E-state index contributed by atoms with van der Waals surface area (Å²) in [6, 6.07) is 7.13. The van der Waals surface area contributed by atoms with Gasteiger partial charge in [-0.3, -0.25) is 4.79 Å². The minimum absolute atomic E-state index is 0.0224. The molecule has 1 heterocycles. The molecule has 0 aromatic heterocycles. The van der Waals surface area contributed by atoms with E-state index in [0.717, 1.165) is 25.7 Å². The monoisotopic (exact) mass is 395 g/mol. The third-order valence-corrected chi connectivity index (χ3v) is 7.27. The Hall–Kier alpha value is -1.64. The second-order valence-corrected chi connectivity index (χ2v) is 9.22. The molecule has 0 spiro atoms. The first-order valence-electron chi connectivity index (χ1n) is 9.65. The van der Waals surface area contributed by atoms with Gasteiger partial charge < -0.3 is 15.0 Å². The lowest BCUT2D eigenvalue weighted by atomic mass is 10.1. The van der Waals surface area contributed by atoms with Crippen LogP contribution in [0.5, 0.6) is 5.75 Å². The van der Waals surface area contributed by atoms with Gasteiger partial charge in [0.05, 0.1) is 12.9 Å². The first kappa shape index (κ1) is 20.1. The van der Waals surface area contributed by atoms with E-state index < -0.39 is 10.0 Å². The number of rotatable bonds is 7. The van der Waals surface area contributed by atoms with E-state index in [9.17, 15) is 13.2 Å². The molecular weight excluding hydrogens is 366 g/mol. The van der Waals surface area contributed by atoms with E-state index in [0.29, 0.717) is 37.5 Å². The van der Waals surface area contributed by atoms with Crippen molar-refractivity contribution in [3.05, 3.63) is 29.8 Å². The molecule has 1 aromatic rings. The van der Waals surface area contributed by atoms with Crippen molar-refractivity contribution >= 4 is 15.9 Å². The number of carbonyl (C=O) groups excluding carboxylic acids is 1. The lowest BCUT2D eigenvalue weighted by Gasteiger charge is -2.31. The summed E-state index contributed by atoms with van der Waals surface area (Å²) in [4.78, 5) is 14.9. The largest absolute Gasteiger partial charge is 0.497 e. The number of methoxy groups -OCH3 is 1. The first-order chi connectivity index (χ1) is 13.0. The number of nitrogens with zero attached hydrogens (tertiary/aromatic N) is 2. The molecular formula is C19H29N3O4S. The second kappa shape index (κ2) is 9.03. The van der Waals surface area contributed by atoms with Gasteiger partial charge >= 0.3 is 0 Å². The van der Waals surface area contributed by atoms with Gasteiger partial charge in [0, 0.05) is 44.3 Å². The van der Waals surface area contributed by atoms with Crippen molar-refractivity contribution in [3.8, 4) is 5.75 Å². The number of sulfonamides is 1. The lowest BCUT2D eigenvalue weighted by Crippen LogP contribution is -2.49. The number of hydrogen-bond donors (Lipinski definition) is 1. The molecule has 1 aliphatic heterocycles. The zero-order valence-electron chi connectivity index (χ0n) is 15.9. The third kappa shape index (κ3) is 5.00. The summed E-state index contributed by atoms with van der Waals surface area (Å²) in [6.07, 6.45) is 4.05. The van der Waals surface area contributed by atoms with E-state index >= 15 is 0 Å². The molecule has 0 radical (unpaired) electrons. The van der Waals surface area contributed by atoms with Crippen molar-refractivity contribution in [1.29, 1.82) is 0 Å². The fraction of sp³-hybridized carbons (Fsp3) is 0.632. The topological polar surface area (TPSA) is 79.0 Å². The van der Waals surface area contributed by atoms with E-state index in [1.165, 1.54) is 4.31 Å². The van der Waals surface area contributed by atoms with Crippen LogP contribution in [0.15, 0.2) is 24.3 Å². The lowest BCUT2D eigenvalue weighted by molar-refractivity contribution is 0.0694. The van der Waals surface area contributed by atoms with Crippen LogP contribution in [-0.2, 0) is 10.0 Å². The van der Waals surface area contributed by atoms with Gasteiger partial charge in [0.25, 0.3) is 5.91 Å². The number of benzene rings is 1. The highest BCUT2D eigenvalue weighted by Gasteiger charge is 2.30. The van der Waals surface area contributed by atoms with E-state index in [1.807, 2.05) is 0 Å². The molecule has 3 rings (SSSR count). The molecule has 1 saturated carbocycles. The Morgan fingerprint density at radius 1 is 1.19 bits per heavy atom. The van der Waals surface area contributed by atoms with Crippen LogP contribution >= 0.6 is 0 Å². The van der Waals surface area contributed by atoms with E-state index in [2.05, 4.69) is 5.32 Å². The molecule has 0 unspecified atom stereocenters. The van der Waals surface area contributed by atoms with Crippen LogP contribution in [0.2, 0.25) is 0 Å². The summed E-state index contributed by atoms with van der Waals surface area (Å²) >= 11 is 0. The van der Waals surface area contributed by atoms with Gasteiger partial charge in [0.15, 0.2) is 0 Å². The average molecular weight is 396 g/mol. The van der Waals surface area contributed by atoms with E-state index in [1.54, 1.807) is 36.3 Å². The first-order valence-corrected chi connectivity index (χ1v) is 11.3. The van der Waals surface area contributed by atoms with Crippen LogP contribution < -0.4 is 10.1 Å². The third-order valence-electron chi connectivity index (χ3n) is 5.42. The Labute approximate surface area is 161 Å². The quantitative estimate of drug-likeness (QED) is 0.753. The molecule has 1 aromatic carbocycles. The van der Waals surface area contributed by atoms with Gasteiger partial charge in [0.2, 0.25) is 10.0 Å². The number of amides is 1. The molecule has 1 amide bonds. The number of nitrogens with one attached hydrogen (secondary N) is 1. The summed E-state index contributed by atoms with van der Waals surface area (Å²) in [6.45, 7) is 2.59. The van der Waals surface area contributed by atoms with Gasteiger partial charge in [-0.25, -0.2) is 8.42 Å². The molecule has 27 heavy (non-hydrogen) atoms. The van der Waals surface area contributed by atoms with Crippen molar-refractivity contribution in [2.24, 2.45) is 0 Å². The Balaban J connectivity index is 1.71. The maximum absolute atomic E-state index is 13.1. The van der Waals surface area contributed by atoms with Crippen LogP contribution in [0.1, 0.15) is 36.0 Å². The predicted octanol–water partition coefficient (Wildman–Crippen LogP) is 1.31. The van der Waals surface area contributed by atoms with Gasteiger partial charge in [0.1, 0.15) is 5.75 Å². The van der Waals surface area contributed by atoms with Crippen LogP contribution in [-0.4, -0.2) is 75.2 Å². The van der Waals surface area contributed by atoms with Gasteiger partial charge in [-0.2, -0.15) is 4.31 Å². The Bertz CT molecular complexity index is 724. The van der Waals surface area contributed by atoms with Crippen molar-refractivity contribution in [2.45, 2.75) is 31.7 Å². The molecule has 7 nitrogen and oxygen atoms in total. The molecule has 1 N–H and O–H groups in total. The predicted molar refractivity (Wildman–Crippen MR) is 105 cm³/mol. The molecule has 2 fully saturated rings. The normalized spacial score (nSPS) is 19.1. The molecule has 150 valence electrons. The number of piperazine rings is 1. The van der Waals surface area contributed by atoms with Gasteiger partial charge in [-0.05, 0) is 37.1 Å². The minimum atomic E-state index is -3.35. The van der Waals surface area contributed by atoms with E-state index in [4.69, 9.17) is 4.74 Å². The van der Waals surface area contributed by atoms with Gasteiger partial charge in [-0.15, -0.1) is 0 Å². The maximum atomic E-state index is 13.1. The standard InChI is InChI=1S/C19H29N3O4S/c1-26-18-8-6-16(7-9-18)19(23)22(17-4-2-3-5-17)14-15-27(24,25)21-12-10-20-11-13-21/h6-9,17,20H,2-5,10-15H2,1H3. The SMILES string of the molecule is COc1ccc(C(=O)N(CCS(=O)(=O)N2CCNCC2)C2CCCC2)cc1. The number of ether oxygens (including phenoxy) is 1. The number of carbonyl (C=O) groups is 1. The van der Waals surface area contributed by atoms with E-state index in [-0.39, 0.29) is 24.2 Å². The molecule has 1 aliphatic carbocycles.